The number of carboxylic acids is 1. The number of fused-ring (bicyclic) bond motifs is 1. The fourth-order valence-electron chi connectivity index (χ4n) is 2.07. The number of aromatic nitrogens is 3. The first-order chi connectivity index (χ1) is 9.56. The maximum absolute atomic E-state index is 13.3. The summed E-state index contributed by atoms with van der Waals surface area (Å²) in [5, 5.41) is 13.3. The second kappa shape index (κ2) is 5.93. The molecule has 0 fully saturated rings. The van der Waals surface area contributed by atoms with Crippen LogP contribution in [-0.2, 0) is 0 Å². The Morgan fingerprint density at radius 3 is 2.81 bits per heavy atom. The molecule has 3 rings (SSSR count). The van der Waals surface area contributed by atoms with Gasteiger partial charge in [0.25, 0.3) is 0 Å². The van der Waals surface area contributed by atoms with Crippen molar-refractivity contribution in [1.29, 1.82) is 0 Å². The molecule has 0 aliphatic rings. The molecule has 0 bridgehead atoms. The zero-order valence-electron chi connectivity index (χ0n) is 12.5. The van der Waals surface area contributed by atoms with E-state index in [0.717, 1.165) is 5.56 Å². The molecule has 0 amide bonds. The maximum atomic E-state index is 13.3. The number of imidazole rings is 1. The van der Waals surface area contributed by atoms with Gasteiger partial charge in [0.05, 0.1) is 17.4 Å². The number of benzene rings is 1. The molecule has 102 valence electrons. The van der Waals surface area contributed by atoms with Gasteiger partial charge in [-0.3, -0.25) is 0 Å². The van der Waals surface area contributed by atoms with Gasteiger partial charge < -0.3 is 6.53 Å². The number of rotatable bonds is 2. The molecule has 0 radical (unpaired) electrons. The molecular weight excluding hydrogens is 284 g/mol. The Kier molecular flexibility index (Phi) is 4.41. The van der Waals surface area contributed by atoms with Gasteiger partial charge in [0.1, 0.15) is 5.82 Å². The van der Waals surface area contributed by atoms with Crippen molar-refractivity contribution in [2.24, 2.45) is 0 Å². The van der Waals surface area contributed by atoms with Crippen LogP contribution in [0.2, 0.25) is 0 Å². The molecule has 0 aliphatic heterocycles. The summed E-state index contributed by atoms with van der Waals surface area (Å²) in [6, 6.07) is 7.77. The van der Waals surface area contributed by atoms with Gasteiger partial charge in [-0.2, -0.15) is 5.10 Å². The zero-order chi connectivity index (χ0) is 14.3. The number of aromatic carboxylic acids is 1. The summed E-state index contributed by atoms with van der Waals surface area (Å²) in [5.41, 5.74) is 2.51. The first-order valence-electron chi connectivity index (χ1n) is 5.91. The average molecular weight is 295 g/mol. The second-order valence-electron chi connectivity index (χ2n) is 4.41. The van der Waals surface area contributed by atoms with Crippen LogP contribution in [0.15, 0.2) is 36.5 Å². The molecule has 2 aromatic heterocycles. The molecule has 0 saturated carbocycles. The van der Waals surface area contributed by atoms with Crippen LogP contribution in [0.1, 0.15) is 17.6 Å². The SMILES string of the molecule is Cc1cc(-c2cccc(F)c2)nn2c(C(=O)O)ncc12.[H-].[Na+]. The molecule has 0 aliphatic carbocycles. The third-order valence-corrected chi connectivity index (χ3v) is 3.01. The Balaban J connectivity index is 0.00000121. The summed E-state index contributed by atoms with van der Waals surface area (Å²) in [6.45, 7) is 1.83. The standard InChI is InChI=1S/C14H10FN3O2.Na.H/c1-8-5-11(9-3-2-4-10(15)6-9)17-18-12(8)7-16-13(18)14(19)20;;/h2-7H,1H3,(H,19,20);;/q;+1;-1. The summed E-state index contributed by atoms with van der Waals surface area (Å²) in [6.07, 6.45) is 1.46. The number of nitrogens with zero attached hydrogens (tertiary/aromatic N) is 3. The quantitative estimate of drug-likeness (QED) is 0.657. The summed E-state index contributed by atoms with van der Waals surface area (Å²) in [4.78, 5) is 14.9. The normalized spacial score (nSPS) is 10.4. The number of carboxylic acid groups (broad SMARTS) is 1. The van der Waals surface area contributed by atoms with E-state index in [1.54, 1.807) is 18.2 Å². The van der Waals surface area contributed by atoms with Crippen LogP contribution in [0, 0.1) is 12.7 Å². The van der Waals surface area contributed by atoms with E-state index in [9.17, 15) is 9.18 Å². The minimum atomic E-state index is -1.16. The number of aryl methyl sites for hydroxylation is 1. The van der Waals surface area contributed by atoms with Gasteiger partial charge >= 0.3 is 35.5 Å². The first-order valence-corrected chi connectivity index (χ1v) is 5.91. The Morgan fingerprint density at radius 2 is 2.14 bits per heavy atom. The molecule has 7 heteroatoms. The summed E-state index contributed by atoms with van der Waals surface area (Å²) in [7, 11) is 0. The van der Waals surface area contributed by atoms with E-state index in [0.29, 0.717) is 16.8 Å². The molecule has 21 heavy (non-hydrogen) atoms. The largest absolute Gasteiger partial charge is 1.00 e. The molecular formula is C14H11FN3NaO2. The topological polar surface area (TPSA) is 67.5 Å². The predicted octanol–water partition coefficient (Wildman–Crippen LogP) is -0.341. The predicted molar refractivity (Wildman–Crippen MR) is 71.2 cm³/mol. The van der Waals surface area contributed by atoms with Crippen LogP contribution >= 0.6 is 0 Å². The average Bonchev–Trinajstić information content (AvgIpc) is 2.83. The van der Waals surface area contributed by atoms with Gasteiger partial charge in [0.15, 0.2) is 0 Å². The second-order valence-corrected chi connectivity index (χ2v) is 4.41. The van der Waals surface area contributed by atoms with E-state index in [1.165, 1.54) is 22.8 Å². The first kappa shape index (κ1) is 15.6. The van der Waals surface area contributed by atoms with Crippen LogP contribution in [0.25, 0.3) is 16.8 Å². The van der Waals surface area contributed by atoms with Crippen LogP contribution in [0.5, 0.6) is 0 Å². The minimum absolute atomic E-state index is 0. The maximum Gasteiger partial charge on any atom is 1.00 e. The smallest absolute Gasteiger partial charge is 1.00 e. The Morgan fingerprint density at radius 1 is 1.38 bits per heavy atom. The number of hydrogen-bond acceptors (Lipinski definition) is 3. The number of halogens is 1. The van der Waals surface area contributed by atoms with Crippen molar-refractivity contribution < 1.29 is 45.3 Å². The third-order valence-electron chi connectivity index (χ3n) is 3.01. The van der Waals surface area contributed by atoms with Gasteiger partial charge in [-0.1, -0.05) is 12.1 Å². The van der Waals surface area contributed by atoms with Crippen molar-refractivity contribution in [3.8, 4) is 11.3 Å². The molecule has 0 spiro atoms. The van der Waals surface area contributed by atoms with Gasteiger partial charge in [-0.05, 0) is 30.7 Å². The monoisotopic (exact) mass is 295 g/mol. The van der Waals surface area contributed by atoms with Crippen molar-refractivity contribution in [2.75, 3.05) is 0 Å². The van der Waals surface area contributed by atoms with Crippen molar-refractivity contribution >= 4 is 11.5 Å². The van der Waals surface area contributed by atoms with Crippen molar-refractivity contribution in [2.45, 2.75) is 6.92 Å². The molecule has 1 aromatic carbocycles. The third kappa shape index (κ3) is 2.83. The van der Waals surface area contributed by atoms with E-state index in [-0.39, 0.29) is 42.6 Å². The van der Waals surface area contributed by atoms with Crippen molar-refractivity contribution in [3.63, 3.8) is 0 Å². The van der Waals surface area contributed by atoms with Gasteiger partial charge in [-0.15, -0.1) is 0 Å². The Labute approximate surface area is 143 Å². The Bertz CT molecular complexity index is 838. The number of hydrogen-bond donors (Lipinski definition) is 1. The van der Waals surface area contributed by atoms with E-state index in [4.69, 9.17) is 5.11 Å². The van der Waals surface area contributed by atoms with E-state index in [1.807, 2.05) is 6.92 Å². The molecule has 5 nitrogen and oxygen atoms in total. The van der Waals surface area contributed by atoms with Crippen LogP contribution in [-0.4, -0.2) is 25.7 Å². The van der Waals surface area contributed by atoms with Crippen LogP contribution in [0.4, 0.5) is 4.39 Å². The molecule has 0 atom stereocenters. The van der Waals surface area contributed by atoms with E-state index < -0.39 is 5.97 Å². The molecule has 0 unspecified atom stereocenters. The molecule has 0 saturated heterocycles. The van der Waals surface area contributed by atoms with Crippen LogP contribution < -0.4 is 29.6 Å². The fourth-order valence-corrected chi connectivity index (χ4v) is 2.07. The zero-order valence-corrected chi connectivity index (χ0v) is 13.5. The molecule has 1 N–H and O–H groups in total. The fraction of sp³-hybridized carbons (Fsp3) is 0.0714. The van der Waals surface area contributed by atoms with Crippen LogP contribution in [0.3, 0.4) is 0 Å². The Hall–Kier alpha value is -1.76. The summed E-state index contributed by atoms with van der Waals surface area (Å²) >= 11 is 0. The number of carbonyl (C=O) groups is 1. The minimum Gasteiger partial charge on any atom is -1.00 e. The van der Waals surface area contributed by atoms with E-state index in [2.05, 4.69) is 10.1 Å². The van der Waals surface area contributed by atoms with Crippen molar-refractivity contribution in [1.82, 2.24) is 14.6 Å². The van der Waals surface area contributed by atoms with Gasteiger partial charge in [0.2, 0.25) is 5.82 Å². The summed E-state index contributed by atoms with van der Waals surface area (Å²) < 4.78 is 14.5. The molecule has 3 aromatic rings. The summed E-state index contributed by atoms with van der Waals surface area (Å²) in [5.74, 6) is -1.69. The van der Waals surface area contributed by atoms with Gasteiger partial charge in [-0.25, -0.2) is 18.7 Å². The molecule has 2 heterocycles. The van der Waals surface area contributed by atoms with E-state index >= 15 is 0 Å². The van der Waals surface area contributed by atoms with Gasteiger partial charge in [0, 0.05) is 5.56 Å². The van der Waals surface area contributed by atoms with Crippen molar-refractivity contribution in [3.05, 3.63) is 53.7 Å².